The lowest BCUT2D eigenvalue weighted by Gasteiger charge is -2.53. The van der Waals surface area contributed by atoms with Gasteiger partial charge in [-0.3, -0.25) is 18.7 Å². The molecule has 47 heavy (non-hydrogen) atoms. The van der Waals surface area contributed by atoms with Crippen molar-refractivity contribution in [3.05, 3.63) is 99.5 Å². The highest BCUT2D eigenvalue weighted by Crippen LogP contribution is 2.54. The van der Waals surface area contributed by atoms with Gasteiger partial charge in [-0.25, -0.2) is 4.31 Å². The van der Waals surface area contributed by atoms with E-state index in [1.807, 2.05) is 30.3 Å². The van der Waals surface area contributed by atoms with Gasteiger partial charge in [0.25, 0.3) is 5.91 Å². The van der Waals surface area contributed by atoms with E-state index in [9.17, 15) is 27.9 Å². The number of carbonyl (C=O) groups excluding carboxylic acids is 2. The molecule has 3 aromatic rings. The number of carboxylic acids is 1. The molecule has 2 amide bonds. The van der Waals surface area contributed by atoms with Crippen LogP contribution >= 0.6 is 23.2 Å². The van der Waals surface area contributed by atoms with E-state index >= 15 is 0 Å². The quantitative estimate of drug-likeness (QED) is 0.259. The van der Waals surface area contributed by atoms with Gasteiger partial charge in [-0.15, -0.1) is 0 Å². The highest BCUT2D eigenvalue weighted by atomic mass is 35.5. The zero-order valence-corrected chi connectivity index (χ0v) is 28.7. The number of hydrogen-bond acceptors (Lipinski definition) is 5. The van der Waals surface area contributed by atoms with Crippen LogP contribution in [0.25, 0.3) is 0 Å². The first-order chi connectivity index (χ1) is 22.2. The van der Waals surface area contributed by atoms with Gasteiger partial charge in [0.05, 0.1) is 41.7 Å². The van der Waals surface area contributed by atoms with Crippen LogP contribution in [-0.2, 0) is 19.8 Å². The Morgan fingerprint density at radius 1 is 0.957 bits per heavy atom. The molecule has 6 rings (SSSR count). The third kappa shape index (κ3) is 6.11. The van der Waals surface area contributed by atoms with Gasteiger partial charge in [0, 0.05) is 22.0 Å². The second kappa shape index (κ2) is 12.5. The van der Waals surface area contributed by atoms with Gasteiger partial charge in [0.2, 0.25) is 5.91 Å². The predicted octanol–water partition coefficient (Wildman–Crippen LogP) is 6.93. The Balaban J connectivity index is 1.55. The molecule has 1 saturated heterocycles. The summed E-state index contributed by atoms with van der Waals surface area (Å²) in [5.74, 6) is -2.48. The van der Waals surface area contributed by atoms with Gasteiger partial charge in [0.15, 0.2) is 0 Å². The monoisotopic (exact) mass is 697 g/mol. The minimum atomic E-state index is -4.34. The topological polar surface area (TPSA) is 115 Å². The maximum absolute atomic E-state index is 14.9. The van der Waals surface area contributed by atoms with Crippen LogP contribution in [0, 0.1) is 11.3 Å². The number of benzene rings is 3. The normalized spacial score (nSPS) is 24.8. The highest BCUT2D eigenvalue weighted by molar-refractivity contribution is 7.91. The molecule has 2 fully saturated rings. The molecule has 3 aromatic carbocycles. The molecule has 0 aromatic heterocycles. The lowest BCUT2D eigenvalue weighted by atomic mass is 9.67. The van der Waals surface area contributed by atoms with Crippen LogP contribution in [0.5, 0.6) is 0 Å². The van der Waals surface area contributed by atoms with Gasteiger partial charge in [-0.05, 0) is 86.6 Å². The number of hydrogen-bond donors (Lipinski definition) is 1. The van der Waals surface area contributed by atoms with Crippen LogP contribution < -0.4 is 4.31 Å². The van der Waals surface area contributed by atoms with E-state index < -0.39 is 52.0 Å². The first-order valence-electron chi connectivity index (χ1n) is 15.7. The smallest absolute Gasteiger partial charge is 0.329 e. The Hall–Kier alpha value is -3.60. The molecular formula is C35H37Cl2N3O6S. The molecule has 1 N–H and O–H groups in total. The summed E-state index contributed by atoms with van der Waals surface area (Å²) in [6, 6.07) is 19.3. The molecule has 2 heterocycles. The molecule has 4 atom stereocenters. The Morgan fingerprint density at radius 3 is 2.26 bits per heavy atom. The molecule has 0 radical (unpaired) electrons. The lowest BCUT2D eigenvalue weighted by molar-refractivity contribution is -0.160. The summed E-state index contributed by atoms with van der Waals surface area (Å²) in [5, 5.41) is 11.1. The minimum Gasteiger partial charge on any atom is -0.481 e. The molecule has 1 saturated carbocycles. The fraction of sp³-hybridized carbons (Fsp3) is 0.400. The van der Waals surface area contributed by atoms with Crippen LogP contribution in [0.4, 0.5) is 5.69 Å². The summed E-state index contributed by atoms with van der Waals surface area (Å²) >= 11 is 12.8. The van der Waals surface area contributed by atoms with E-state index in [4.69, 9.17) is 23.2 Å². The van der Waals surface area contributed by atoms with Gasteiger partial charge in [-0.1, -0.05) is 66.5 Å². The van der Waals surface area contributed by atoms with E-state index in [-0.39, 0.29) is 42.0 Å². The fourth-order valence-corrected chi connectivity index (χ4v) is 9.51. The average molecular weight is 699 g/mol. The molecule has 1 aliphatic carbocycles. The number of nitrogens with zero attached hydrogens (tertiary/aromatic N) is 3. The van der Waals surface area contributed by atoms with Crippen LogP contribution in [0.1, 0.15) is 79.9 Å². The maximum Gasteiger partial charge on any atom is 0.329 e. The molecule has 0 bridgehead atoms. The average Bonchev–Trinajstić information content (AvgIpc) is 3.84. The van der Waals surface area contributed by atoms with Crippen molar-refractivity contribution < 1.29 is 27.9 Å². The Morgan fingerprint density at radius 2 is 1.64 bits per heavy atom. The Labute approximate surface area is 285 Å². The zero-order chi connectivity index (χ0) is 33.8. The number of anilines is 1. The van der Waals surface area contributed by atoms with Crippen molar-refractivity contribution in [1.29, 1.82) is 0 Å². The van der Waals surface area contributed by atoms with Crippen molar-refractivity contribution in [2.45, 2.75) is 70.5 Å². The van der Waals surface area contributed by atoms with Crippen LogP contribution in [0.2, 0.25) is 10.0 Å². The fourth-order valence-electron chi connectivity index (χ4n) is 7.38. The third-order valence-corrected chi connectivity index (χ3v) is 12.1. The predicted molar refractivity (Wildman–Crippen MR) is 181 cm³/mol. The second-order valence-electron chi connectivity index (χ2n) is 13.4. The summed E-state index contributed by atoms with van der Waals surface area (Å²) in [6.45, 7) is 4.87. The van der Waals surface area contributed by atoms with E-state index in [1.54, 1.807) is 68.1 Å². The van der Waals surface area contributed by atoms with Crippen molar-refractivity contribution in [1.82, 2.24) is 9.21 Å². The summed E-state index contributed by atoms with van der Waals surface area (Å²) in [5.41, 5.74) is 0.850. The number of aliphatic carboxylic acids is 1. The Kier molecular flexibility index (Phi) is 8.82. The number of likely N-dealkylation sites (tertiary alicyclic amines) is 1. The highest BCUT2D eigenvalue weighted by Gasteiger charge is 2.56. The minimum absolute atomic E-state index is 0.0478. The molecule has 0 spiro atoms. The van der Waals surface area contributed by atoms with Crippen LogP contribution in [0.3, 0.4) is 0 Å². The molecule has 4 unspecified atom stereocenters. The van der Waals surface area contributed by atoms with Gasteiger partial charge in [0.1, 0.15) is 0 Å². The van der Waals surface area contributed by atoms with E-state index in [1.165, 1.54) is 4.31 Å². The number of carboxylic acid groups (broad SMARTS) is 1. The SMILES string of the molecule is CC(C)N1C(=O)c2ccccc2N(CC(C2CC2)N2C(=O)C(C)(CC(=O)O)CC(c3cccc(Cl)c3)C2c2ccc(Cl)cc2)S1(=O)=O. The summed E-state index contributed by atoms with van der Waals surface area (Å²) < 4.78 is 30.7. The largest absolute Gasteiger partial charge is 0.481 e. The maximum atomic E-state index is 14.9. The number of piperidine rings is 1. The number of carbonyl (C=O) groups is 3. The molecule has 12 heteroatoms. The third-order valence-electron chi connectivity index (χ3n) is 9.61. The van der Waals surface area contributed by atoms with E-state index in [0.29, 0.717) is 10.0 Å². The molecule has 248 valence electrons. The van der Waals surface area contributed by atoms with Gasteiger partial charge >= 0.3 is 16.2 Å². The summed E-state index contributed by atoms with van der Waals surface area (Å²) in [4.78, 5) is 42.4. The van der Waals surface area contributed by atoms with E-state index in [0.717, 1.165) is 28.3 Å². The molecular weight excluding hydrogens is 661 g/mol. The van der Waals surface area contributed by atoms with Crippen molar-refractivity contribution in [3.63, 3.8) is 0 Å². The zero-order valence-electron chi connectivity index (χ0n) is 26.3. The molecule has 9 nitrogen and oxygen atoms in total. The first-order valence-corrected chi connectivity index (χ1v) is 17.9. The van der Waals surface area contributed by atoms with Crippen molar-refractivity contribution >= 4 is 56.9 Å². The first kappa shape index (κ1) is 33.3. The number of fused-ring (bicyclic) bond motifs is 1. The number of rotatable bonds is 9. The van der Waals surface area contributed by atoms with Crippen molar-refractivity contribution in [2.75, 3.05) is 10.8 Å². The lowest BCUT2D eigenvalue weighted by Crippen LogP contribution is -2.61. The standard InChI is InChI=1S/C35H37Cl2N3O6S/c1-21(2)40-33(43)27-9-4-5-10-29(27)38(47(40,45)46)20-30(22-11-12-22)39-32(23-13-15-25(36)16-14-23)28(24-7-6-8-26(37)17-24)18-35(3,34(39)44)19-31(41)42/h4-10,13-17,21-22,28,30,32H,11-12,18-20H2,1-3H3,(H,41,42). The van der Waals surface area contributed by atoms with Crippen molar-refractivity contribution in [3.8, 4) is 0 Å². The summed E-state index contributed by atoms with van der Waals surface area (Å²) in [7, 11) is -4.34. The second-order valence-corrected chi connectivity index (χ2v) is 16.0. The van der Waals surface area contributed by atoms with E-state index in [2.05, 4.69) is 0 Å². The summed E-state index contributed by atoms with van der Waals surface area (Å²) in [6.07, 6.45) is 1.37. The van der Waals surface area contributed by atoms with Crippen LogP contribution in [-0.4, -0.2) is 59.1 Å². The Bertz CT molecular complexity index is 1830. The number of para-hydroxylation sites is 1. The van der Waals surface area contributed by atoms with Gasteiger partial charge < -0.3 is 10.0 Å². The van der Waals surface area contributed by atoms with Gasteiger partial charge in [-0.2, -0.15) is 8.42 Å². The number of halogens is 2. The van der Waals surface area contributed by atoms with Crippen molar-refractivity contribution in [2.24, 2.45) is 11.3 Å². The van der Waals surface area contributed by atoms with Crippen LogP contribution in [0.15, 0.2) is 72.8 Å². The molecule has 2 aliphatic heterocycles. The number of amides is 2. The molecule has 3 aliphatic rings.